The summed E-state index contributed by atoms with van der Waals surface area (Å²) in [6.07, 6.45) is 0. The van der Waals surface area contributed by atoms with Crippen LogP contribution in [0.2, 0.25) is 0 Å². The molecule has 0 amide bonds. The van der Waals surface area contributed by atoms with Gasteiger partial charge < -0.3 is 23.1 Å². The Morgan fingerprint density at radius 3 is 1.73 bits per heavy atom. The lowest BCUT2D eigenvalue weighted by Crippen LogP contribution is -1.97. The van der Waals surface area contributed by atoms with Crippen LogP contribution in [-0.4, -0.2) is 27.9 Å². The molecule has 5 nitrogen and oxygen atoms in total. The SMILES string of the molecule is COc1c2ccccc2c(OC)c2cc(S(O)(O)O)ccc12. The van der Waals surface area contributed by atoms with Gasteiger partial charge >= 0.3 is 0 Å². The first kappa shape index (κ1) is 14.9. The van der Waals surface area contributed by atoms with Crippen LogP contribution < -0.4 is 9.47 Å². The van der Waals surface area contributed by atoms with Crippen molar-refractivity contribution in [2.24, 2.45) is 0 Å². The zero-order valence-corrected chi connectivity index (χ0v) is 12.9. The molecule has 0 bridgehead atoms. The van der Waals surface area contributed by atoms with Crippen LogP contribution in [-0.2, 0) is 0 Å². The Balaban J connectivity index is 2.50. The molecule has 0 fully saturated rings. The number of ether oxygens (including phenoxy) is 2. The molecular formula is C16H16O5S. The van der Waals surface area contributed by atoms with Crippen LogP contribution >= 0.6 is 10.9 Å². The minimum Gasteiger partial charge on any atom is -0.495 e. The summed E-state index contributed by atoms with van der Waals surface area (Å²) < 4.78 is 39.5. The van der Waals surface area contributed by atoms with Gasteiger partial charge in [0.15, 0.2) is 0 Å². The smallest absolute Gasteiger partial charge is 0.134 e. The number of rotatable bonds is 3. The average molecular weight is 320 g/mol. The highest BCUT2D eigenvalue weighted by Crippen LogP contribution is 2.48. The quantitative estimate of drug-likeness (QED) is 0.615. The van der Waals surface area contributed by atoms with E-state index in [4.69, 9.17) is 9.47 Å². The van der Waals surface area contributed by atoms with Gasteiger partial charge in [0.2, 0.25) is 0 Å². The molecule has 0 spiro atoms. The molecule has 0 radical (unpaired) electrons. The molecule has 6 heteroatoms. The third-order valence-electron chi connectivity index (χ3n) is 3.62. The Morgan fingerprint density at radius 2 is 1.23 bits per heavy atom. The Kier molecular flexibility index (Phi) is 3.62. The van der Waals surface area contributed by atoms with Crippen molar-refractivity contribution in [3.63, 3.8) is 0 Å². The van der Waals surface area contributed by atoms with E-state index < -0.39 is 10.9 Å². The zero-order chi connectivity index (χ0) is 15.9. The van der Waals surface area contributed by atoms with Crippen LogP contribution in [0.4, 0.5) is 0 Å². The summed E-state index contributed by atoms with van der Waals surface area (Å²) in [4.78, 5) is 0.0376. The van der Waals surface area contributed by atoms with E-state index in [1.807, 2.05) is 24.3 Å². The number of benzene rings is 3. The number of fused-ring (bicyclic) bond motifs is 2. The summed E-state index contributed by atoms with van der Waals surface area (Å²) in [7, 11) is -0.651. The molecule has 3 rings (SSSR count). The van der Waals surface area contributed by atoms with Gasteiger partial charge in [-0.1, -0.05) is 24.3 Å². The minimum absolute atomic E-state index is 0.0376. The van der Waals surface area contributed by atoms with Gasteiger partial charge in [0.25, 0.3) is 0 Å². The van der Waals surface area contributed by atoms with E-state index in [1.165, 1.54) is 12.1 Å². The third-order valence-corrected chi connectivity index (χ3v) is 4.51. The van der Waals surface area contributed by atoms with Crippen molar-refractivity contribution in [3.8, 4) is 11.5 Å². The number of methoxy groups -OCH3 is 2. The van der Waals surface area contributed by atoms with Crippen molar-refractivity contribution in [1.29, 1.82) is 0 Å². The first-order valence-corrected chi connectivity index (χ1v) is 8.05. The van der Waals surface area contributed by atoms with Gasteiger partial charge in [0.1, 0.15) is 22.4 Å². The predicted octanol–water partition coefficient (Wildman–Crippen LogP) is 4.59. The van der Waals surface area contributed by atoms with Crippen LogP contribution in [0.25, 0.3) is 21.5 Å². The van der Waals surface area contributed by atoms with Gasteiger partial charge in [-0.15, -0.1) is 0 Å². The van der Waals surface area contributed by atoms with E-state index in [-0.39, 0.29) is 4.90 Å². The van der Waals surface area contributed by atoms with E-state index in [0.717, 1.165) is 16.2 Å². The second-order valence-corrected chi connectivity index (χ2v) is 6.35. The van der Waals surface area contributed by atoms with Gasteiger partial charge in [-0.3, -0.25) is 0 Å². The standard InChI is InChI=1S/C16H16O5S/c1-20-15-11-5-3-4-6-12(11)16(21-2)14-9-10(22(17,18)19)7-8-13(14)15/h3-9,17-19H,1-2H3. The molecule has 0 saturated heterocycles. The van der Waals surface area contributed by atoms with Crippen LogP contribution in [0.1, 0.15) is 0 Å². The highest BCUT2D eigenvalue weighted by Gasteiger charge is 2.20. The Labute approximate surface area is 129 Å². The monoisotopic (exact) mass is 320 g/mol. The van der Waals surface area contributed by atoms with Crippen LogP contribution in [0, 0.1) is 0 Å². The first-order chi connectivity index (χ1) is 10.5. The summed E-state index contributed by atoms with van der Waals surface area (Å²) in [5.41, 5.74) is 0. The maximum Gasteiger partial charge on any atom is 0.134 e. The molecule has 22 heavy (non-hydrogen) atoms. The lowest BCUT2D eigenvalue weighted by Gasteiger charge is -2.21. The van der Waals surface area contributed by atoms with Crippen molar-refractivity contribution in [1.82, 2.24) is 0 Å². The molecule has 3 aromatic carbocycles. The topological polar surface area (TPSA) is 79.2 Å². The Bertz CT molecular complexity index is 854. The highest BCUT2D eigenvalue weighted by atomic mass is 32.3. The molecule has 0 aliphatic rings. The van der Waals surface area contributed by atoms with Gasteiger partial charge in [-0.05, 0) is 18.2 Å². The van der Waals surface area contributed by atoms with Crippen molar-refractivity contribution >= 4 is 32.4 Å². The molecule has 0 heterocycles. The fourth-order valence-corrected chi connectivity index (χ4v) is 3.22. The van der Waals surface area contributed by atoms with Crippen molar-refractivity contribution < 1.29 is 23.1 Å². The highest BCUT2D eigenvalue weighted by molar-refractivity contribution is 8.19. The molecule has 116 valence electrons. The minimum atomic E-state index is -3.79. The average Bonchev–Trinajstić information content (AvgIpc) is 2.51. The van der Waals surface area contributed by atoms with Crippen molar-refractivity contribution in [2.45, 2.75) is 4.90 Å². The van der Waals surface area contributed by atoms with E-state index >= 15 is 0 Å². The Morgan fingerprint density at radius 1 is 0.727 bits per heavy atom. The summed E-state index contributed by atoms with van der Waals surface area (Å²) in [5.74, 6) is 1.27. The zero-order valence-electron chi connectivity index (χ0n) is 12.1. The van der Waals surface area contributed by atoms with Gasteiger partial charge in [0, 0.05) is 21.5 Å². The first-order valence-electron chi connectivity index (χ1n) is 6.54. The fraction of sp³-hybridized carbons (Fsp3) is 0.125. The molecule has 0 aromatic heterocycles. The van der Waals surface area contributed by atoms with Crippen LogP contribution in [0.15, 0.2) is 47.4 Å². The van der Waals surface area contributed by atoms with Gasteiger partial charge in [-0.25, -0.2) is 0 Å². The molecule has 0 aliphatic heterocycles. The number of hydrogen-bond acceptors (Lipinski definition) is 5. The largest absolute Gasteiger partial charge is 0.495 e. The summed E-state index contributed by atoms with van der Waals surface area (Å²) in [5, 5.41) is 3.16. The maximum atomic E-state index is 9.47. The summed E-state index contributed by atoms with van der Waals surface area (Å²) in [6, 6.07) is 12.3. The maximum absolute atomic E-state index is 9.47. The molecule has 3 N–H and O–H groups in total. The van der Waals surface area contributed by atoms with E-state index in [1.54, 1.807) is 20.3 Å². The van der Waals surface area contributed by atoms with Crippen molar-refractivity contribution in [3.05, 3.63) is 42.5 Å². The molecule has 0 atom stereocenters. The second-order valence-electron chi connectivity index (χ2n) is 4.84. The fourth-order valence-electron chi connectivity index (χ4n) is 2.69. The van der Waals surface area contributed by atoms with E-state index in [9.17, 15) is 13.7 Å². The second kappa shape index (κ2) is 5.33. The lowest BCUT2D eigenvalue weighted by molar-refractivity contribution is 0.376. The Hall–Kier alpha value is -1.99. The summed E-state index contributed by atoms with van der Waals surface area (Å²) >= 11 is 0. The third kappa shape index (κ3) is 2.26. The van der Waals surface area contributed by atoms with Crippen LogP contribution in [0.3, 0.4) is 0 Å². The van der Waals surface area contributed by atoms with E-state index in [2.05, 4.69) is 0 Å². The summed E-state index contributed by atoms with van der Waals surface area (Å²) in [6.45, 7) is 0. The molecule has 3 aromatic rings. The molecule has 0 unspecified atom stereocenters. The molecule has 0 saturated carbocycles. The number of hydrogen-bond donors (Lipinski definition) is 3. The van der Waals surface area contributed by atoms with Gasteiger partial charge in [0.05, 0.1) is 19.1 Å². The lowest BCUT2D eigenvalue weighted by atomic mass is 10.0. The predicted molar refractivity (Wildman–Crippen MR) is 88.3 cm³/mol. The normalized spacial score (nSPS) is 12.6. The van der Waals surface area contributed by atoms with Crippen molar-refractivity contribution in [2.75, 3.05) is 14.2 Å². The van der Waals surface area contributed by atoms with Crippen LogP contribution in [0.5, 0.6) is 11.5 Å². The molecular weight excluding hydrogens is 304 g/mol. The van der Waals surface area contributed by atoms with Gasteiger partial charge in [-0.2, -0.15) is 0 Å². The van der Waals surface area contributed by atoms with E-state index in [0.29, 0.717) is 16.9 Å². The molecule has 0 aliphatic carbocycles.